The van der Waals surface area contributed by atoms with E-state index in [9.17, 15) is 0 Å². The van der Waals surface area contributed by atoms with Crippen molar-refractivity contribution in [2.45, 2.75) is 18.5 Å². The Hall–Kier alpha value is -3.84. The van der Waals surface area contributed by atoms with Gasteiger partial charge in [-0.2, -0.15) is 10.2 Å². The minimum Gasteiger partial charge on any atom is -0.392 e. The van der Waals surface area contributed by atoms with Crippen LogP contribution >= 0.6 is 31.9 Å². The van der Waals surface area contributed by atoms with Gasteiger partial charge in [0.05, 0.1) is 19.8 Å². The molecule has 0 saturated heterocycles. The first-order valence-electron chi connectivity index (χ1n) is 12.1. The lowest BCUT2D eigenvalue weighted by molar-refractivity contribution is 0.281. The molecular formula is C28H28Br2N8O2. The molecule has 40 heavy (non-hydrogen) atoms. The van der Waals surface area contributed by atoms with Crippen molar-refractivity contribution in [1.29, 1.82) is 0 Å². The highest BCUT2D eigenvalue weighted by molar-refractivity contribution is 9.10. The molecule has 0 aliphatic carbocycles. The zero-order valence-corrected chi connectivity index (χ0v) is 24.6. The smallest absolute Gasteiger partial charge is 0.153 e. The Balaban J connectivity index is 0.000000154. The number of pyridine rings is 3. The average molecular weight is 668 g/mol. The molecule has 0 amide bonds. The molecule has 1 aliphatic heterocycles. The number of hydrogen-bond acceptors (Lipinski definition) is 8. The van der Waals surface area contributed by atoms with Crippen molar-refractivity contribution in [3.05, 3.63) is 125 Å². The Morgan fingerprint density at radius 1 is 0.725 bits per heavy atom. The van der Waals surface area contributed by atoms with Crippen molar-refractivity contribution in [2.24, 2.45) is 4.99 Å². The second kappa shape index (κ2) is 17.7. The molecule has 0 aromatic carbocycles. The molecule has 0 bridgehead atoms. The summed E-state index contributed by atoms with van der Waals surface area (Å²) in [5, 5.41) is 26.5. The molecule has 6 heterocycles. The van der Waals surface area contributed by atoms with Crippen LogP contribution in [0, 0.1) is 0 Å². The molecular weight excluding hydrogens is 640 g/mol. The molecule has 5 aromatic rings. The number of aliphatic imine (C=N–C) groups is 1. The fraction of sp³-hybridized carbons (Fsp3) is 0.143. The molecule has 5 aromatic heterocycles. The van der Waals surface area contributed by atoms with Crippen LogP contribution in [-0.2, 0) is 18.5 Å². The van der Waals surface area contributed by atoms with E-state index in [4.69, 9.17) is 10.2 Å². The summed E-state index contributed by atoms with van der Waals surface area (Å²) >= 11 is 6.58. The van der Waals surface area contributed by atoms with Gasteiger partial charge in [0.2, 0.25) is 0 Å². The van der Waals surface area contributed by atoms with Gasteiger partial charge < -0.3 is 10.2 Å². The number of allylic oxidation sites excluding steroid dienone is 1. The quantitative estimate of drug-likeness (QED) is 0.202. The molecule has 0 saturated carbocycles. The minimum absolute atomic E-state index is 0.0246. The molecule has 1 aliphatic rings. The molecule has 2 N–H and O–H groups in total. The van der Waals surface area contributed by atoms with Gasteiger partial charge in [-0.15, -0.1) is 0 Å². The summed E-state index contributed by atoms with van der Waals surface area (Å²) in [6.07, 6.45) is 18.0. The summed E-state index contributed by atoms with van der Waals surface area (Å²) < 4.78 is 4.15. The van der Waals surface area contributed by atoms with Crippen LogP contribution in [0.1, 0.15) is 16.7 Å². The summed E-state index contributed by atoms with van der Waals surface area (Å²) in [5.74, 6) is 1.57. The number of aromatic nitrogens is 7. The van der Waals surface area contributed by atoms with Crippen LogP contribution in [-0.4, -0.2) is 57.5 Å². The third-order valence-corrected chi connectivity index (χ3v) is 6.03. The fourth-order valence-electron chi connectivity index (χ4n) is 3.01. The molecule has 6 rings (SSSR count). The highest BCUT2D eigenvalue weighted by Crippen LogP contribution is 2.09. The molecule has 0 spiro atoms. The van der Waals surface area contributed by atoms with E-state index < -0.39 is 0 Å². The standard InChI is InChI=1S/C9H8BrN3.C9H9N3O.C6H6BrNO.C4H5N/c10-7-8-2-4-11-9(6-8)13-5-1-3-12-13;13-7-8-2-4-10-9(6-8)12-5-1-3-11-12;7-6-3-5(4-9)1-2-8-6;1-2-4-5-3-1/h1-6H,7H2;1-6,13H,7H2;1-3,9H,4H2;1-3H,4H2. The lowest BCUT2D eigenvalue weighted by atomic mass is 10.3. The van der Waals surface area contributed by atoms with Gasteiger partial charge in [-0.05, 0) is 87.2 Å². The van der Waals surface area contributed by atoms with Crippen molar-refractivity contribution < 1.29 is 10.2 Å². The lowest BCUT2D eigenvalue weighted by Crippen LogP contribution is -1.98. The second-order valence-electron chi connectivity index (χ2n) is 7.82. The van der Waals surface area contributed by atoms with E-state index in [1.165, 1.54) is 5.56 Å². The van der Waals surface area contributed by atoms with Gasteiger partial charge in [-0.1, -0.05) is 22.0 Å². The molecule has 10 nitrogen and oxygen atoms in total. The number of alkyl halides is 1. The van der Waals surface area contributed by atoms with Gasteiger partial charge in [0.1, 0.15) is 4.60 Å². The normalized spacial score (nSPS) is 11.0. The number of aliphatic hydroxyl groups is 2. The van der Waals surface area contributed by atoms with Crippen molar-refractivity contribution >= 4 is 38.1 Å². The third-order valence-electron chi connectivity index (χ3n) is 4.95. The topological polar surface area (TPSA) is 127 Å². The van der Waals surface area contributed by atoms with E-state index in [-0.39, 0.29) is 13.2 Å². The Morgan fingerprint density at radius 3 is 1.68 bits per heavy atom. The third kappa shape index (κ3) is 10.7. The Kier molecular flexibility index (Phi) is 13.6. The van der Waals surface area contributed by atoms with Crippen molar-refractivity contribution in [1.82, 2.24) is 34.5 Å². The van der Waals surface area contributed by atoms with E-state index in [0.29, 0.717) is 0 Å². The Morgan fingerprint density at radius 2 is 1.27 bits per heavy atom. The maximum atomic E-state index is 8.90. The molecule has 0 unspecified atom stereocenters. The largest absolute Gasteiger partial charge is 0.392 e. The van der Waals surface area contributed by atoms with Crippen LogP contribution in [0.15, 0.2) is 114 Å². The van der Waals surface area contributed by atoms with E-state index in [0.717, 1.165) is 39.2 Å². The first-order chi connectivity index (χ1) is 19.6. The van der Waals surface area contributed by atoms with Crippen molar-refractivity contribution in [2.75, 3.05) is 6.54 Å². The number of rotatable bonds is 5. The van der Waals surface area contributed by atoms with E-state index in [1.54, 1.807) is 70.8 Å². The van der Waals surface area contributed by atoms with Crippen LogP contribution in [0.4, 0.5) is 0 Å². The number of nitrogens with zero attached hydrogens (tertiary/aromatic N) is 8. The summed E-state index contributed by atoms with van der Waals surface area (Å²) in [7, 11) is 0. The van der Waals surface area contributed by atoms with Gasteiger partial charge in [-0.3, -0.25) is 4.99 Å². The highest BCUT2D eigenvalue weighted by atomic mass is 79.9. The average Bonchev–Trinajstić information content (AvgIpc) is 3.83. The minimum atomic E-state index is 0.0246. The predicted octanol–water partition coefficient (Wildman–Crippen LogP) is 4.89. The maximum absolute atomic E-state index is 8.90. The van der Waals surface area contributed by atoms with Gasteiger partial charge >= 0.3 is 0 Å². The fourth-order valence-corrected chi connectivity index (χ4v) is 3.77. The zero-order chi connectivity index (χ0) is 28.4. The van der Waals surface area contributed by atoms with Crippen LogP contribution in [0.2, 0.25) is 0 Å². The first kappa shape index (κ1) is 30.7. The van der Waals surface area contributed by atoms with Crippen LogP contribution in [0.25, 0.3) is 11.6 Å². The zero-order valence-electron chi connectivity index (χ0n) is 21.4. The second-order valence-corrected chi connectivity index (χ2v) is 9.20. The Labute approximate surface area is 249 Å². The Bertz CT molecular complexity index is 1370. The van der Waals surface area contributed by atoms with E-state index >= 15 is 0 Å². The monoisotopic (exact) mass is 666 g/mol. The van der Waals surface area contributed by atoms with Gasteiger partial charge in [0.15, 0.2) is 11.6 Å². The molecule has 206 valence electrons. The number of halogens is 2. The first-order valence-corrected chi connectivity index (χ1v) is 14.0. The summed E-state index contributed by atoms with van der Waals surface area (Å²) in [6.45, 7) is 0.984. The molecule has 12 heteroatoms. The summed E-state index contributed by atoms with van der Waals surface area (Å²) in [4.78, 5) is 16.1. The predicted molar refractivity (Wildman–Crippen MR) is 162 cm³/mol. The SMILES string of the molecule is BrCc1ccnc(-n2cccn2)c1.C1=CCN=C1.OCc1ccnc(-n2cccn2)c1.OCc1ccnc(Br)c1. The van der Waals surface area contributed by atoms with Crippen molar-refractivity contribution in [3.8, 4) is 11.6 Å². The summed E-state index contributed by atoms with van der Waals surface area (Å²) in [5.41, 5.74) is 2.90. The molecule has 0 fully saturated rings. The van der Waals surface area contributed by atoms with Crippen LogP contribution in [0.3, 0.4) is 0 Å². The maximum Gasteiger partial charge on any atom is 0.153 e. The van der Waals surface area contributed by atoms with Gasteiger partial charge in [0.25, 0.3) is 0 Å². The van der Waals surface area contributed by atoms with Gasteiger partial charge in [0, 0.05) is 54.9 Å². The van der Waals surface area contributed by atoms with Crippen LogP contribution < -0.4 is 0 Å². The highest BCUT2D eigenvalue weighted by Gasteiger charge is 1.99. The van der Waals surface area contributed by atoms with Crippen LogP contribution in [0.5, 0.6) is 0 Å². The molecule has 0 atom stereocenters. The van der Waals surface area contributed by atoms with E-state index in [2.05, 4.69) is 62.0 Å². The van der Waals surface area contributed by atoms with Crippen molar-refractivity contribution in [3.63, 3.8) is 0 Å². The summed E-state index contributed by atoms with van der Waals surface area (Å²) in [6, 6.07) is 14.8. The van der Waals surface area contributed by atoms with E-state index in [1.807, 2.05) is 48.8 Å². The number of aliphatic hydroxyl groups excluding tert-OH is 2. The lowest BCUT2D eigenvalue weighted by Gasteiger charge is -2.01. The van der Waals surface area contributed by atoms with Gasteiger partial charge in [-0.25, -0.2) is 24.3 Å². The molecule has 0 radical (unpaired) electrons. The number of hydrogen-bond donors (Lipinski definition) is 2.